The number of nitrogens with zero attached hydrogens (tertiary/aromatic N) is 1. The highest BCUT2D eigenvalue weighted by Crippen LogP contribution is 2.30. The zero-order chi connectivity index (χ0) is 14.6. The monoisotopic (exact) mass is 269 g/mol. The Morgan fingerprint density at radius 3 is 2.63 bits per heavy atom. The number of rotatable bonds is 6. The van der Waals surface area contributed by atoms with Gasteiger partial charge in [-0.25, -0.2) is 0 Å². The molecule has 1 aromatic rings. The number of nitrogens with two attached hydrogens (primary N) is 2. The van der Waals surface area contributed by atoms with Crippen molar-refractivity contribution in [3.63, 3.8) is 0 Å². The molecule has 4 N–H and O–H groups in total. The minimum atomic E-state index is -1.35. The Morgan fingerprint density at radius 1 is 1.53 bits per heavy atom. The molecule has 19 heavy (non-hydrogen) atoms. The zero-order valence-electron chi connectivity index (χ0n) is 10.6. The fourth-order valence-electron chi connectivity index (χ4n) is 1.21. The van der Waals surface area contributed by atoms with Crippen LogP contribution in [0.25, 0.3) is 0 Å². The van der Waals surface area contributed by atoms with Crippen LogP contribution >= 0.6 is 0 Å². The number of hydrogen-bond donors (Lipinski definition) is 2. The highest BCUT2D eigenvalue weighted by atomic mass is 16.6. The molecule has 104 valence electrons. The van der Waals surface area contributed by atoms with Crippen molar-refractivity contribution >= 4 is 11.6 Å². The van der Waals surface area contributed by atoms with Crippen LogP contribution < -0.4 is 20.9 Å². The molecule has 0 aliphatic heterocycles. The molecule has 0 fully saturated rings. The first-order chi connectivity index (χ1) is 8.77. The van der Waals surface area contributed by atoms with E-state index in [2.05, 4.69) is 0 Å². The highest BCUT2D eigenvalue weighted by molar-refractivity contribution is 5.84. The van der Waals surface area contributed by atoms with Crippen molar-refractivity contribution in [2.45, 2.75) is 12.5 Å². The van der Waals surface area contributed by atoms with E-state index in [1.807, 2.05) is 0 Å². The second-order valence-corrected chi connectivity index (χ2v) is 4.16. The van der Waals surface area contributed by atoms with Crippen molar-refractivity contribution in [1.29, 1.82) is 0 Å². The largest absolute Gasteiger partial charge is 0.491 e. The Bertz CT molecular complexity index is 501. The Labute approximate surface area is 109 Å². The molecule has 0 radical (unpaired) electrons. The van der Waals surface area contributed by atoms with E-state index in [-0.39, 0.29) is 23.8 Å². The van der Waals surface area contributed by atoms with Crippen molar-refractivity contribution in [3.8, 4) is 11.5 Å². The van der Waals surface area contributed by atoms with Gasteiger partial charge in [0.15, 0.2) is 5.75 Å². The van der Waals surface area contributed by atoms with Crippen LogP contribution in [0.4, 0.5) is 5.69 Å². The molecule has 0 saturated carbocycles. The zero-order valence-corrected chi connectivity index (χ0v) is 10.6. The van der Waals surface area contributed by atoms with Crippen LogP contribution in [0.1, 0.15) is 6.92 Å². The first-order valence-corrected chi connectivity index (χ1v) is 5.32. The lowest BCUT2D eigenvalue weighted by atomic mass is 10.1. The Morgan fingerprint density at radius 2 is 2.16 bits per heavy atom. The van der Waals surface area contributed by atoms with Gasteiger partial charge >= 0.3 is 5.69 Å². The summed E-state index contributed by atoms with van der Waals surface area (Å²) >= 11 is 0. The molecular weight excluding hydrogens is 254 g/mol. The molecule has 0 heterocycles. The van der Waals surface area contributed by atoms with Crippen molar-refractivity contribution in [3.05, 3.63) is 28.3 Å². The second kappa shape index (κ2) is 5.53. The van der Waals surface area contributed by atoms with Crippen LogP contribution in [0.5, 0.6) is 11.5 Å². The van der Waals surface area contributed by atoms with E-state index in [9.17, 15) is 14.9 Å². The fraction of sp³-hybridized carbons (Fsp3) is 0.364. The van der Waals surface area contributed by atoms with Crippen LogP contribution in [0.15, 0.2) is 18.2 Å². The number of methoxy groups -OCH3 is 1. The normalized spacial score (nSPS) is 13.4. The number of hydrogen-bond acceptors (Lipinski definition) is 6. The van der Waals surface area contributed by atoms with Crippen LogP contribution in [0.3, 0.4) is 0 Å². The summed E-state index contributed by atoms with van der Waals surface area (Å²) in [5.74, 6) is -0.413. The van der Waals surface area contributed by atoms with E-state index in [0.29, 0.717) is 0 Å². The third kappa shape index (κ3) is 3.55. The summed E-state index contributed by atoms with van der Waals surface area (Å²) in [5.41, 5.74) is 9.10. The number of amides is 1. The predicted molar refractivity (Wildman–Crippen MR) is 66.9 cm³/mol. The van der Waals surface area contributed by atoms with E-state index in [0.717, 1.165) is 0 Å². The number of carbonyl (C=O) groups is 1. The lowest BCUT2D eigenvalue weighted by Crippen LogP contribution is -2.53. The van der Waals surface area contributed by atoms with Gasteiger partial charge in [0, 0.05) is 0 Å². The van der Waals surface area contributed by atoms with Gasteiger partial charge in [-0.3, -0.25) is 14.9 Å². The quantitative estimate of drug-likeness (QED) is 0.559. The molecule has 1 atom stereocenters. The average Bonchev–Trinajstić information content (AvgIpc) is 2.35. The summed E-state index contributed by atoms with van der Waals surface area (Å²) in [4.78, 5) is 21.2. The number of nitro groups is 1. The van der Waals surface area contributed by atoms with Gasteiger partial charge in [0.05, 0.1) is 18.1 Å². The smallest absolute Gasteiger partial charge is 0.314 e. The van der Waals surface area contributed by atoms with Crippen LogP contribution in [-0.4, -0.2) is 30.1 Å². The van der Waals surface area contributed by atoms with Crippen molar-refractivity contribution in [1.82, 2.24) is 0 Å². The van der Waals surface area contributed by atoms with Crippen molar-refractivity contribution < 1.29 is 19.2 Å². The summed E-state index contributed by atoms with van der Waals surface area (Å²) in [6.07, 6.45) is 0. The Hall–Kier alpha value is -2.35. The maximum absolute atomic E-state index is 11.0. The van der Waals surface area contributed by atoms with Crippen LogP contribution in [0.2, 0.25) is 0 Å². The molecule has 0 aliphatic carbocycles. The predicted octanol–water partition coefficient (Wildman–Crippen LogP) is 0.185. The number of primary amides is 1. The summed E-state index contributed by atoms with van der Waals surface area (Å²) in [6, 6.07) is 4.06. The summed E-state index contributed by atoms with van der Waals surface area (Å²) < 4.78 is 10.1. The third-order valence-electron chi connectivity index (χ3n) is 2.45. The molecule has 1 rings (SSSR count). The van der Waals surface area contributed by atoms with Gasteiger partial charge in [-0.2, -0.15) is 0 Å². The minimum Gasteiger partial charge on any atom is -0.491 e. The van der Waals surface area contributed by atoms with Gasteiger partial charge in [0.2, 0.25) is 5.91 Å². The van der Waals surface area contributed by atoms with Crippen LogP contribution in [0, 0.1) is 10.1 Å². The van der Waals surface area contributed by atoms with E-state index < -0.39 is 16.4 Å². The van der Waals surface area contributed by atoms with Gasteiger partial charge in [-0.15, -0.1) is 0 Å². The summed E-state index contributed by atoms with van der Waals surface area (Å²) in [6.45, 7) is 1.22. The SMILES string of the molecule is COc1ccc(OCC(C)(N)C(N)=O)cc1[N+](=O)[O-]. The average molecular weight is 269 g/mol. The van der Waals surface area contributed by atoms with E-state index in [1.54, 1.807) is 0 Å². The molecule has 8 heteroatoms. The van der Waals surface area contributed by atoms with Gasteiger partial charge in [-0.1, -0.05) is 0 Å². The number of ether oxygens (including phenoxy) is 2. The minimum absolute atomic E-state index is 0.114. The first-order valence-electron chi connectivity index (χ1n) is 5.32. The summed E-state index contributed by atoms with van der Waals surface area (Å²) in [7, 11) is 1.33. The van der Waals surface area contributed by atoms with Gasteiger partial charge < -0.3 is 20.9 Å². The molecule has 0 saturated heterocycles. The van der Waals surface area contributed by atoms with Gasteiger partial charge in [0.1, 0.15) is 17.9 Å². The van der Waals surface area contributed by atoms with Crippen molar-refractivity contribution in [2.75, 3.05) is 13.7 Å². The van der Waals surface area contributed by atoms with E-state index in [1.165, 1.54) is 32.2 Å². The van der Waals surface area contributed by atoms with E-state index in [4.69, 9.17) is 20.9 Å². The van der Waals surface area contributed by atoms with Crippen molar-refractivity contribution in [2.24, 2.45) is 11.5 Å². The Balaban J connectivity index is 2.89. The Kier molecular flexibility index (Phi) is 4.28. The second-order valence-electron chi connectivity index (χ2n) is 4.16. The van der Waals surface area contributed by atoms with E-state index >= 15 is 0 Å². The molecule has 0 bridgehead atoms. The molecule has 8 nitrogen and oxygen atoms in total. The molecular formula is C11H15N3O5. The lowest BCUT2D eigenvalue weighted by Gasteiger charge is -2.20. The number of nitro benzene ring substituents is 1. The van der Waals surface area contributed by atoms with Crippen LogP contribution in [-0.2, 0) is 4.79 Å². The fourth-order valence-corrected chi connectivity index (χ4v) is 1.21. The molecule has 1 aromatic carbocycles. The maximum Gasteiger partial charge on any atom is 0.314 e. The lowest BCUT2D eigenvalue weighted by molar-refractivity contribution is -0.385. The highest BCUT2D eigenvalue weighted by Gasteiger charge is 2.27. The standard InChI is InChI=1S/C11H15N3O5/c1-11(13,10(12)15)6-19-7-3-4-9(18-2)8(5-7)14(16)17/h3-5H,6,13H2,1-2H3,(H2,12,15). The molecule has 0 spiro atoms. The van der Waals surface area contributed by atoms with Gasteiger partial charge in [0.25, 0.3) is 0 Å². The molecule has 1 amide bonds. The van der Waals surface area contributed by atoms with Gasteiger partial charge in [-0.05, 0) is 19.1 Å². The first kappa shape index (κ1) is 14.7. The molecule has 0 aliphatic rings. The number of benzene rings is 1. The number of carbonyl (C=O) groups excluding carboxylic acids is 1. The molecule has 1 unspecified atom stereocenters. The topological polar surface area (TPSA) is 131 Å². The maximum atomic E-state index is 11.0. The summed E-state index contributed by atoms with van der Waals surface area (Å²) in [5, 5.41) is 10.8. The molecule has 0 aromatic heterocycles. The third-order valence-corrected chi connectivity index (χ3v) is 2.45.